The first kappa shape index (κ1) is 16.9. The summed E-state index contributed by atoms with van der Waals surface area (Å²) in [6.45, 7) is 1.86. The maximum absolute atomic E-state index is 12.0. The van der Waals surface area contributed by atoms with Crippen molar-refractivity contribution in [2.24, 2.45) is 5.10 Å². The van der Waals surface area contributed by atoms with E-state index < -0.39 is 0 Å². The highest BCUT2D eigenvalue weighted by molar-refractivity contribution is 6.30. The lowest BCUT2D eigenvalue weighted by Gasteiger charge is -2.06. The third-order valence-electron chi connectivity index (χ3n) is 3.71. The van der Waals surface area contributed by atoms with Crippen molar-refractivity contribution >= 4 is 23.2 Å². The summed E-state index contributed by atoms with van der Waals surface area (Å²) in [7, 11) is 0. The van der Waals surface area contributed by atoms with Crippen molar-refractivity contribution in [3.8, 4) is 5.69 Å². The van der Waals surface area contributed by atoms with Crippen LogP contribution in [-0.4, -0.2) is 21.2 Å². The number of carbonyl (C=O) groups excluding carboxylic acids is 1. The molecule has 1 N–H and O–H groups in total. The average Bonchev–Trinajstić information content (AvgIpc) is 3.16. The molecule has 0 saturated heterocycles. The Balaban J connectivity index is 1.61. The monoisotopic (exact) mass is 352 g/mol. The zero-order valence-corrected chi connectivity index (χ0v) is 14.4. The second kappa shape index (κ2) is 7.77. The van der Waals surface area contributed by atoms with Crippen molar-refractivity contribution < 1.29 is 4.79 Å². The number of rotatable bonds is 5. The molecule has 126 valence electrons. The summed E-state index contributed by atoms with van der Waals surface area (Å²) in [6, 6.07) is 15.1. The molecule has 3 aromatic rings. The molecule has 1 heterocycles. The molecule has 0 atom stereocenters. The number of benzene rings is 2. The van der Waals surface area contributed by atoms with Crippen LogP contribution in [0.5, 0.6) is 0 Å². The third kappa shape index (κ3) is 4.55. The van der Waals surface area contributed by atoms with E-state index in [4.69, 9.17) is 11.6 Å². The second-order valence-corrected chi connectivity index (χ2v) is 5.99. The lowest BCUT2D eigenvalue weighted by molar-refractivity contribution is -0.120. The molecular formula is C19H17ClN4O. The Morgan fingerprint density at radius 1 is 1.16 bits per heavy atom. The zero-order chi connectivity index (χ0) is 17.6. The first-order valence-electron chi connectivity index (χ1n) is 7.78. The van der Waals surface area contributed by atoms with Crippen LogP contribution in [0.25, 0.3) is 5.69 Å². The molecular weight excluding hydrogens is 336 g/mol. The molecule has 2 aromatic carbocycles. The Hall–Kier alpha value is -2.92. The fraction of sp³-hybridized carbons (Fsp3) is 0.105. The predicted octanol–water partition coefficient (Wildman–Crippen LogP) is 3.61. The van der Waals surface area contributed by atoms with E-state index in [1.807, 2.05) is 54.1 Å². The number of nitrogens with one attached hydrogen (secondary N) is 1. The summed E-state index contributed by atoms with van der Waals surface area (Å²) in [6.07, 6.45) is 5.62. The molecule has 25 heavy (non-hydrogen) atoms. The fourth-order valence-corrected chi connectivity index (χ4v) is 2.45. The van der Waals surface area contributed by atoms with Crippen LogP contribution in [0, 0.1) is 0 Å². The van der Waals surface area contributed by atoms with E-state index in [1.54, 1.807) is 24.7 Å². The van der Waals surface area contributed by atoms with E-state index in [0.29, 0.717) is 5.02 Å². The highest BCUT2D eigenvalue weighted by atomic mass is 35.5. The van der Waals surface area contributed by atoms with Gasteiger partial charge in [0.05, 0.1) is 18.5 Å². The molecule has 0 fully saturated rings. The predicted molar refractivity (Wildman–Crippen MR) is 99.1 cm³/mol. The van der Waals surface area contributed by atoms with Gasteiger partial charge in [-0.15, -0.1) is 0 Å². The highest BCUT2D eigenvalue weighted by Gasteiger charge is 2.04. The topological polar surface area (TPSA) is 59.3 Å². The van der Waals surface area contributed by atoms with Gasteiger partial charge in [-0.2, -0.15) is 5.10 Å². The second-order valence-electron chi connectivity index (χ2n) is 5.55. The standard InChI is InChI=1S/C19H17ClN4O/c1-14(16-4-8-18(9-5-16)24-11-10-21-13-24)22-23-19(25)12-15-2-6-17(20)7-3-15/h2-11,13H,12H2,1H3,(H,23,25)/b22-14+. The maximum atomic E-state index is 12.0. The number of nitrogens with zero attached hydrogens (tertiary/aromatic N) is 3. The quantitative estimate of drug-likeness (QED) is 0.563. The van der Waals surface area contributed by atoms with Crippen LogP contribution in [0.3, 0.4) is 0 Å². The SMILES string of the molecule is C/C(=N\NC(=O)Cc1ccc(Cl)cc1)c1ccc(-n2ccnc2)cc1. The summed E-state index contributed by atoms with van der Waals surface area (Å²) in [5.41, 5.74) is 6.17. The highest BCUT2D eigenvalue weighted by Crippen LogP contribution is 2.11. The Labute approximate surface area is 151 Å². The number of amides is 1. The van der Waals surface area contributed by atoms with Crippen molar-refractivity contribution in [3.63, 3.8) is 0 Å². The van der Waals surface area contributed by atoms with Gasteiger partial charge in [0, 0.05) is 23.1 Å². The Kier molecular flexibility index (Phi) is 5.26. The van der Waals surface area contributed by atoms with Crippen molar-refractivity contribution in [3.05, 3.63) is 83.4 Å². The van der Waals surface area contributed by atoms with Crippen LogP contribution >= 0.6 is 11.6 Å². The van der Waals surface area contributed by atoms with Gasteiger partial charge in [-0.25, -0.2) is 10.4 Å². The average molecular weight is 353 g/mol. The van der Waals surface area contributed by atoms with E-state index in [9.17, 15) is 4.79 Å². The maximum Gasteiger partial charge on any atom is 0.244 e. The summed E-state index contributed by atoms with van der Waals surface area (Å²) in [5.74, 6) is -0.170. The molecule has 5 nitrogen and oxygen atoms in total. The lowest BCUT2D eigenvalue weighted by atomic mass is 10.1. The molecule has 6 heteroatoms. The zero-order valence-electron chi connectivity index (χ0n) is 13.7. The van der Waals surface area contributed by atoms with Gasteiger partial charge in [-0.3, -0.25) is 4.79 Å². The minimum absolute atomic E-state index is 0.170. The van der Waals surface area contributed by atoms with Gasteiger partial charge < -0.3 is 4.57 Å². The number of aromatic nitrogens is 2. The van der Waals surface area contributed by atoms with E-state index in [-0.39, 0.29) is 12.3 Å². The molecule has 0 radical (unpaired) electrons. The van der Waals surface area contributed by atoms with Crippen molar-refractivity contribution in [2.45, 2.75) is 13.3 Å². The van der Waals surface area contributed by atoms with Crippen LogP contribution in [0.4, 0.5) is 0 Å². The molecule has 0 bridgehead atoms. The van der Waals surface area contributed by atoms with Gasteiger partial charge >= 0.3 is 0 Å². The first-order valence-corrected chi connectivity index (χ1v) is 8.16. The molecule has 0 unspecified atom stereocenters. The number of hydrazone groups is 1. The van der Waals surface area contributed by atoms with Crippen molar-refractivity contribution in [2.75, 3.05) is 0 Å². The third-order valence-corrected chi connectivity index (χ3v) is 3.97. The number of carbonyl (C=O) groups is 1. The summed E-state index contributed by atoms with van der Waals surface area (Å²) < 4.78 is 1.92. The molecule has 0 aliphatic heterocycles. The first-order chi connectivity index (χ1) is 12.1. The number of hydrogen-bond acceptors (Lipinski definition) is 3. The molecule has 1 amide bonds. The van der Waals surface area contributed by atoms with Crippen molar-refractivity contribution in [1.29, 1.82) is 0 Å². The van der Waals surface area contributed by atoms with Gasteiger partial charge in [-0.1, -0.05) is 35.9 Å². The molecule has 0 spiro atoms. The van der Waals surface area contributed by atoms with E-state index in [2.05, 4.69) is 15.5 Å². The van der Waals surface area contributed by atoms with Crippen LogP contribution in [0.1, 0.15) is 18.1 Å². The Morgan fingerprint density at radius 3 is 2.52 bits per heavy atom. The molecule has 0 saturated carbocycles. The van der Waals surface area contributed by atoms with Crippen LogP contribution in [0.2, 0.25) is 5.02 Å². The van der Waals surface area contributed by atoms with Crippen LogP contribution in [0.15, 0.2) is 72.4 Å². The van der Waals surface area contributed by atoms with Gasteiger partial charge in [0.1, 0.15) is 0 Å². The van der Waals surface area contributed by atoms with Gasteiger partial charge in [0.15, 0.2) is 0 Å². The van der Waals surface area contributed by atoms with Crippen molar-refractivity contribution in [1.82, 2.24) is 15.0 Å². The van der Waals surface area contributed by atoms with Gasteiger partial charge in [-0.05, 0) is 42.3 Å². The number of imidazole rings is 1. The van der Waals surface area contributed by atoms with Gasteiger partial charge in [0.2, 0.25) is 5.91 Å². The van der Waals surface area contributed by atoms with E-state index in [1.165, 1.54) is 0 Å². The minimum Gasteiger partial charge on any atom is -0.306 e. The Bertz CT molecular complexity index is 869. The normalized spacial score (nSPS) is 11.4. The fourth-order valence-electron chi connectivity index (χ4n) is 2.32. The summed E-state index contributed by atoms with van der Waals surface area (Å²) >= 11 is 5.84. The molecule has 3 rings (SSSR count). The minimum atomic E-state index is -0.170. The summed E-state index contributed by atoms with van der Waals surface area (Å²) in [4.78, 5) is 16.0. The summed E-state index contributed by atoms with van der Waals surface area (Å²) in [5, 5.41) is 4.82. The molecule has 0 aliphatic carbocycles. The number of hydrogen-bond donors (Lipinski definition) is 1. The van der Waals surface area contributed by atoms with Gasteiger partial charge in [0.25, 0.3) is 0 Å². The van der Waals surface area contributed by atoms with Crippen LogP contribution < -0.4 is 5.43 Å². The lowest BCUT2D eigenvalue weighted by Crippen LogP contribution is -2.21. The number of halogens is 1. The molecule has 1 aromatic heterocycles. The van der Waals surface area contributed by atoms with Crippen LogP contribution in [-0.2, 0) is 11.2 Å². The molecule has 0 aliphatic rings. The largest absolute Gasteiger partial charge is 0.306 e. The van der Waals surface area contributed by atoms with E-state index in [0.717, 1.165) is 22.5 Å². The smallest absolute Gasteiger partial charge is 0.244 e. The Morgan fingerprint density at radius 2 is 1.88 bits per heavy atom. The van der Waals surface area contributed by atoms with E-state index >= 15 is 0 Å².